The first-order chi connectivity index (χ1) is 13.1. The van der Waals surface area contributed by atoms with Gasteiger partial charge >= 0.3 is 0 Å². The van der Waals surface area contributed by atoms with Crippen molar-refractivity contribution in [2.24, 2.45) is 0 Å². The van der Waals surface area contributed by atoms with Crippen molar-refractivity contribution in [3.63, 3.8) is 0 Å². The summed E-state index contributed by atoms with van der Waals surface area (Å²) in [7, 11) is -1.78. The van der Waals surface area contributed by atoms with Crippen molar-refractivity contribution in [2.45, 2.75) is 97.2 Å². The molecule has 154 valence electrons. The molecule has 0 amide bonds. The zero-order valence-corrected chi connectivity index (χ0v) is 20.1. The van der Waals surface area contributed by atoms with E-state index in [2.05, 4.69) is 70.2 Å². The molecule has 0 bridgehead atoms. The average Bonchev–Trinajstić information content (AvgIpc) is 3.03. The molecule has 0 saturated carbocycles. The van der Waals surface area contributed by atoms with Crippen LogP contribution in [0.25, 0.3) is 0 Å². The topological polar surface area (TPSA) is 25.2 Å². The molecule has 3 heteroatoms. The molecule has 1 heterocycles. The van der Waals surface area contributed by atoms with E-state index >= 15 is 0 Å². The van der Waals surface area contributed by atoms with Crippen LogP contribution in [0.2, 0.25) is 16.6 Å². The minimum atomic E-state index is -1.78. The SMILES string of the molecule is Cc1cc([C@@H]2CCCc3ccn([Si](C(C)C)(C(C)C)C(C)C)c32)cc(C)c1O. The van der Waals surface area contributed by atoms with E-state index in [1.807, 2.05) is 13.8 Å². The van der Waals surface area contributed by atoms with Crippen LogP contribution in [-0.4, -0.2) is 17.6 Å². The largest absolute Gasteiger partial charge is 0.507 e. The number of hydrogen-bond donors (Lipinski definition) is 1. The summed E-state index contributed by atoms with van der Waals surface area (Å²) in [4.78, 5) is 0. The van der Waals surface area contributed by atoms with Crippen LogP contribution in [-0.2, 0) is 6.42 Å². The zero-order chi connectivity index (χ0) is 20.8. The van der Waals surface area contributed by atoms with Gasteiger partial charge in [-0.15, -0.1) is 0 Å². The summed E-state index contributed by atoms with van der Waals surface area (Å²) in [6, 6.07) is 6.86. The van der Waals surface area contributed by atoms with Crippen LogP contribution in [0.5, 0.6) is 5.75 Å². The number of rotatable bonds is 5. The van der Waals surface area contributed by atoms with Crippen LogP contribution in [0.1, 0.15) is 88.2 Å². The Balaban J connectivity index is 2.24. The molecule has 0 unspecified atom stereocenters. The highest BCUT2D eigenvalue weighted by Crippen LogP contribution is 2.47. The van der Waals surface area contributed by atoms with Crippen LogP contribution < -0.4 is 0 Å². The summed E-state index contributed by atoms with van der Waals surface area (Å²) >= 11 is 0. The molecular formula is C25H39NOSi. The third-order valence-electron chi connectivity index (χ3n) is 7.39. The number of phenolic OH excluding ortho intramolecular Hbond substituents is 1. The van der Waals surface area contributed by atoms with Crippen LogP contribution >= 0.6 is 0 Å². The maximum Gasteiger partial charge on any atom is 0.169 e. The Morgan fingerprint density at radius 1 is 0.964 bits per heavy atom. The van der Waals surface area contributed by atoms with Gasteiger partial charge in [-0.05, 0) is 84.3 Å². The molecule has 1 aromatic carbocycles. The highest BCUT2D eigenvalue weighted by atomic mass is 28.3. The lowest BCUT2D eigenvalue weighted by molar-refractivity contribution is 0.466. The predicted octanol–water partition coefficient (Wildman–Crippen LogP) is 7.30. The number of nitrogens with zero attached hydrogens (tertiary/aromatic N) is 1. The summed E-state index contributed by atoms with van der Waals surface area (Å²) in [6.07, 6.45) is 6.10. The number of hydrogen-bond acceptors (Lipinski definition) is 1. The molecule has 1 atom stereocenters. The van der Waals surface area contributed by atoms with E-state index in [0.29, 0.717) is 28.3 Å². The summed E-state index contributed by atoms with van der Waals surface area (Å²) in [5.41, 5.74) is 8.59. The molecule has 0 saturated heterocycles. The number of fused-ring (bicyclic) bond motifs is 1. The molecule has 3 rings (SSSR count). The number of benzene rings is 1. The van der Waals surface area contributed by atoms with E-state index < -0.39 is 8.24 Å². The molecule has 1 aliphatic rings. The Hall–Kier alpha value is -1.48. The molecule has 1 aromatic heterocycles. The Labute approximate surface area is 173 Å². The number of aromatic hydroxyl groups is 1. The number of phenols is 1. The molecule has 0 fully saturated rings. The maximum atomic E-state index is 10.3. The average molecular weight is 398 g/mol. The summed E-state index contributed by atoms with van der Waals surface area (Å²) in [6.45, 7) is 18.8. The molecule has 2 aromatic rings. The van der Waals surface area contributed by atoms with Gasteiger partial charge in [0.1, 0.15) is 5.75 Å². The van der Waals surface area contributed by atoms with Crippen molar-refractivity contribution in [2.75, 3.05) is 0 Å². The van der Waals surface area contributed by atoms with Gasteiger partial charge < -0.3 is 9.34 Å². The van der Waals surface area contributed by atoms with E-state index in [4.69, 9.17) is 0 Å². The fraction of sp³-hybridized carbons (Fsp3) is 0.600. The fourth-order valence-electron chi connectivity index (χ4n) is 6.41. The van der Waals surface area contributed by atoms with Crippen molar-refractivity contribution in [3.05, 3.63) is 52.3 Å². The standard InChI is InChI=1S/C25H39NOSi/c1-16(2)28(17(3)4,18(5)6)26-13-12-21-10-9-11-23(24(21)26)22-14-19(7)25(27)20(8)15-22/h12-18,23,27H,9-11H2,1-8H3/t23-/m0/s1. The van der Waals surface area contributed by atoms with Gasteiger partial charge in [0.2, 0.25) is 0 Å². The first-order valence-electron chi connectivity index (χ1n) is 11.1. The first kappa shape index (κ1) is 21.2. The van der Waals surface area contributed by atoms with Gasteiger partial charge in [-0.25, -0.2) is 0 Å². The minimum absolute atomic E-state index is 0.444. The van der Waals surface area contributed by atoms with E-state index in [0.717, 1.165) is 11.1 Å². The first-order valence-corrected chi connectivity index (χ1v) is 13.3. The molecular weight excluding hydrogens is 358 g/mol. The normalized spacial score (nSPS) is 17.6. The maximum absolute atomic E-state index is 10.3. The van der Waals surface area contributed by atoms with Gasteiger partial charge in [-0.1, -0.05) is 53.7 Å². The smallest absolute Gasteiger partial charge is 0.169 e. The monoisotopic (exact) mass is 397 g/mol. The van der Waals surface area contributed by atoms with Gasteiger partial charge in [0, 0.05) is 11.6 Å². The van der Waals surface area contributed by atoms with Crippen molar-refractivity contribution in [1.82, 2.24) is 4.23 Å². The Morgan fingerprint density at radius 2 is 1.50 bits per heavy atom. The summed E-state index contributed by atoms with van der Waals surface area (Å²) in [5, 5.41) is 10.3. The van der Waals surface area contributed by atoms with Crippen molar-refractivity contribution >= 4 is 8.24 Å². The van der Waals surface area contributed by atoms with Crippen molar-refractivity contribution in [1.29, 1.82) is 0 Å². The molecule has 0 radical (unpaired) electrons. The van der Waals surface area contributed by atoms with Crippen LogP contribution in [0.3, 0.4) is 0 Å². The second-order valence-electron chi connectivity index (χ2n) is 9.90. The third-order valence-corrected chi connectivity index (χ3v) is 14.2. The molecule has 1 aliphatic carbocycles. The van der Waals surface area contributed by atoms with Crippen LogP contribution in [0, 0.1) is 13.8 Å². The lowest BCUT2D eigenvalue weighted by atomic mass is 9.82. The van der Waals surface area contributed by atoms with Gasteiger partial charge in [-0.3, -0.25) is 0 Å². The minimum Gasteiger partial charge on any atom is -0.507 e. The van der Waals surface area contributed by atoms with Crippen molar-refractivity contribution in [3.8, 4) is 5.75 Å². The van der Waals surface area contributed by atoms with E-state index in [-0.39, 0.29) is 0 Å². The second kappa shape index (κ2) is 7.74. The number of aromatic nitrogens is 1. The molecule has 28 heavy (non-hydrogen) atoms. The van der Waals surface area contributed by atoms with Gasteiger partial charge in [0.25, 0.3) is 0 Å². The lowest BCUT2D eigenvalue weighted by Gasteiger charge is -2.46. The summed E-state index contributed by atoms with van der Waals surface area (Å²) in [5.74, 6) is 0.894. The Bertz CT molecular complexity index is 801. The summed E-state index contributed by atoms with van der Waals surface area (Å²) < 4.78 is 2.81. The van der Waals surface area contributed by atoms with E-state index in [1.165, 1.54) is 24.8 Å². The lowest BCUT2D eigenvalue weighted by Crippen LogP contribution is -2.52. The number of aryl methyl sites for hydroxylation is 3. The Kier molecular flexibility index (Phi) is 5.87. The van der Waals surface area contributed by atoms with Crippen molar-refractivity contribution < 1.29 is 5.11 Å². The predicted molar refractivity (Wildman–Crippen MR) is 123 cm³/mol. The molecule has 0 aliphatic heterocycles. The highest BCUT2D eigenvalue weighted by molar-refractivity contribution is 6.82. The van der Waals surface area contributed by atoms with Gasteiger partial charge in [0.05, 0.1) is 0 Å². The zero-order valence-electron chi connectivity index (χ0n) is 19.1. The quantitative estimate of drug-likeness (QED) is 0.526. The van der Waals surface area contributed by atoms with Gasteiger partial charge in [0.15, 0.2) is 8.24 Å². The van der Waals surface area contributed by atoms with Crippen LogP contribution in [0.15, 0.2) is 24.4 Å². The highest BCUT2D eigenvalue weighted by Gasteiger charge is 2.47. The Morgan fingerprint density at radius 3 is 2.00 bits per heavy atom. The van der Waals surface area contributed by atoms with Crippen LogP contribution in [0.4, 0.5) is 0 Å². The molecule has 1 N–H and O–H groups in total. The van der Waals surface area contributed by atoms with E-state index in [1.54, 1.807) is 11.3 Å². The second-order valence-corrected chi connectivity index (χ2v) is 15.6. The van der Waals surface area contributed by atoms with E-state index in [9.17, 15) is 5.11 Å². The third kappa shape index (κ3) is 3.16. The van der Waals surface area contributed by atoms with Gasteiger partial charge in [-0.2, -0.15) is 0 Å². The molecule has 0 spiro atoms. The fourth-order valence-corrected chi connectivity index (χ4v) is 13.1. The molecule has 2 nitrogen and oxygen atoms in total.